The Balaban J connectivity index is 2.61. The van der Waals surface area contributed by atoms with Gasteiger partial charge in [-0.15, -0.1) is 0 Å². The lowest BCUT2D eigenvalue weighted by molar-refractivity contribution is 1.32. The highest BCUT2D eigenvalue weighted by molar-refractivity contribution is 6.04. The van der Waals surface area contributed by atoms with Crippen LogP contribution in [0.15, 0.2) is 42.9 Å². The number of hydrogen-bond donors (Lipinski definition) is 0. The van der Waals surface area contributed by atoms with Gasteiger partial charge in [-0.2, -0.15) is 0 Å². The largest absolute Gasteiger partial charge is 0.262 e. The van der Waals surface area contributed by atoms with Crippen molar-refractivity contribution in [3.63, 3.8) is 0 Å². The van der Waals surface area contributed by atoms with Gasteiger partial charge >= 0.3 is 0 Å². The number of hydrogen-bond acceptors (Lipinski definition) is 2. The van der Waals surface area contributed by atoms with E-state index in [0.717, 1.165) is 16.3 Å². The molecule has 0 spiro atoms. The fraction of sp³-hybridized carbons (Fsp3) is 0. The van der Waals surface area contributed by atoms with Gasteiger partial charge in [-0.05, 0) is 5.39 Å². The van der Waals surface area contributed by atoms with Crippen molar-refractivity contribution in [1.29, 1.82) is 0 Å². The monoisotopic (exact) mass is 179 g/mol. The number of rotatable bonds is 0. The van der Waals surface area contributed by atoms with Crippen LogP contribution in [0.25, 0.3) is 21.7 Å². The lowest BCUT2D eigenvalue weighted by Crippen LogP contribution is -1.82. The Hall–Kier alpha value is -1.96. The summed E-state index contributed by atoms with van der Waals surface area (Å²) in [6.45, 7) is 0. The minimum atomic E-state index is 0.895. The molecule has 0 aliphatic heterocycles. The quantitative estimate of drug-likeness (QED) is 0.496. The van der Waals surface area contributed by atoms with E-state index >= 15 is 0 Å². The van der Waals surface area contributed by atoms with Gasteiger partial charge in [-0.25, -0.2) is 0 Å². The Kier molecular flexibility index (Phi) is 1.47. The van der Waals surface area contributed by atoms with Crippen LogP contribution in [0.1, 0.15) is 0 Å². The van der Waals surface area contributed by atoms with Crippen LogP contribution < -0.4 is 0 Å². The van der Waals surface area contributed by atoms with Crippen LogP contribution >= 0.6 is 0 Å². The van der Waals surface area contributed by atoms with E-state index < -0.39 is 0 Å². The lowest BCUT2D eigenvalue weighted by atomic mass is 10.1. The van der Waals surface area contributed by atoms with Crippen molar-refractivity contribution in [2.45, 2.75) is 0 Å². The number of benzene rings is 1. The molecule has 3 aromatic rings. The third kappa shape index (κ3) is 0.973. The van der Waals surface area contributed by atoms with Crippen LogP contribution in [-0.2, 0) is 0 Å². The number of nitrogens with zero attached hydrogens (tertiary/aromatic N) is 2. The molecular weight excluding hydrogens is 172 g/mol. The van der Waals surface area contributed by atoms with Crippen molar-refractivity contribution >= 4 is 21.7 Å². The Bertz CT molecular complexity index is 547. The molecule has 2 aromatic heterocycles. The zero-order valence-electron chi connectivity index (χ0n) is 7.44. The van der Waals surface area contributed by atoms with Gasteiger partial charge in [0, 0.05) is 29.2 Å². The smallest absolute Gasteiger partial charge is 0.0897 e. The van der Waals surface area contributed by atoms with Crippen molar-refractivity contribution < 1.29 is 0 Å². The highest BCUT2D eigenvalue weighted by atomic mass is 14.7. The van der Waals surface area contributed by atoms with E-state index in [9.17, 15) is 0 Å². The second-order valence-corrected chi connectivity index (χ2v) is 3.16. The summed E-state index contributed by atoms with van der Waals surface area (Å²) in [7, 11) is 0. The second-order valence-electron chi connectivity index (χ2n) is 3.16. The Morgan fingerprint density at radius 3 is 3.00 bits per heavy atom. The van der Waals surface area contributed by atoms with Gasteiger partial charge in [-0.1, -0.05) is 24.3 Å². The fourth-order valence-corrected chi connectivity index (χ4v) is 1.64. The van der Waals surface area contributed by atoms with Crippen LogP contribution in [0.3, 0.4) is 0 Å². The third-order valence-electron chi connectivity index (χ3n) is 2.31. The van der Waals surface area contributed by atoms with Gasteiger partial charge in [0.25, 0.3) is 0 Å². The molecule has 0 unspecified atom stereocenters. The molecule has 0 atom stereocenters. The summed E-state index contributed by atoms with van der Waals surface area (Å²) in [5.41, 5.74) is 0.895. The molecule has 0 N–H and O–H groups in total. The molecule has 3 rings (SSSR count). The highest BCUT2D eigenvalue weighted by Gasteiger charge is 1.99. The summed E-state index contributed by atoms with van der Waals surface area (Å²) < 4.78 is 0. The SMILES string of the molecule is [c]1cncc2ncc3ccccc3c12. The summed E-state index contributed by atoms with van der Waals surface area (Å²) in [4.78, 5) is 8.32. The van der Waals surface area contributed by atoms with Gasteiger partial charge in [0.1, 0.15) is 0 Å². The second kappa shape index (κ2) is 2.77. The average molecular weight is 179 g/mol. The highest BCUT2D eigenvalue weighted by Crippen LogP contribution is 2.21. The van der Waals surface area contributed by atoms with E-state index in [0.29, 0.717) is 0 Å². The van der Waals surface area contributed by atoms with Gasteiger partial charge in [0.15, 0.2) is 0 Å². The van der Waals surface area contributed by atoms with E-state index in [1.165, 1.54) is 5.39 Å². The van der Waals surface area contributed by atoms with E-state index in [2.05, 4.69) is 28.2 Å². The van der Waals surface area contributed by atoms with Crippen molar-refractivity contribution in [1.82, 2.24) is 9.97 Å². The summed E-state index contributed by atoms with van der Waals surface area (Å²) in [5, 5.41) is 3.36. The van der Waals surface area contributed by atoms with E-state index in [1.54, 1.807) is 12.4 Å². The molecule has 0 fully saturated rings. The summed E-state index contributed by atoms with van der Waals surface area (Å²) in [6.07, 6.45) is 5.31. The van der Waals surface area contributed by atoms with Crippen LogP contribution in [0.2, 0.25) is 0 Å². The molecule has 0 saturated carbocycles. The Labute approximate surface area is 81.2 Å². The first-order valence-corrected chi connectivity index (χ1v) is 4.44. The molecule has 0 amide bonds. The molecule has 65 valence electrons. The first kappa shape index (κ1) is 7.44. The summed E-state index contributed by atoms with van der Waals surface area (Å²) in [5.74, 6) is 0. The molecule has 1 aromatic carbocycles. The summed E-state index contributed by atoms with van der Waals surface area (Å²) >= 11 is 0. The van der Waals surface area contributed by atoms with E-state index in [1.807, 2.05) is 18.3 Å². The van der Waals surface area contributed by atoms with E-state index in [4.69, 9.17) is 0 Å². The lowest BCUT2D eigenvalue weighted by Gasteiger charge is -2.00. The molecule has 2 heterocycles. The van der Waals surface area contributed by atoms with Crippen molar-refractivity contribution in [3.8, 4) is 0 Å². The number of aromatic nitrogens is 2. The topological polar surface area (TPSA) is 25.8 Å². The predicted molar refractivity (Wildman–Crippen MR) is 55.9 cm³/mol. The molecule has 0 bridgehead atoms. The van der Waals surface area contributed by atoms with Crippen molar-refractivity contribution in [2.24, 2.45) is 0 Å². The van der Waals surface area contributed by atoms with Crippen LogP contribution in [0, 0.1) is 6.07 Å². The fourth-order valence-electron chi connectivity index (χ4n) is 1.64. The van der Waals surface area contributed by atoms with Gasteiger partial charge in [-0.3, -0.25) is 9.97 Å². The molecule has 2 nitrogen and oxygen atoms in total. The molecular formula is C12H7N2. The maximum atomic E-state index is 4.32. The average Bonchev–Trinajstić information content (AvgIpc) is 2.29. The van der Waals surface area contributed by atoms with E-state index in [-0.39, 0.29) is 0 Å². The zero-order chi connectivity index (χ0) is 9.38. The van der Waals surface area contributed by atoms with Gasteiger partial charge in [0.2, 0.25) is 0 Å². The first-order valence-electron chi connectivity index (χ1n) is 4.44. The molecule has 0 aliphatic carbocycles. The normalized spacial score (nSPS) is 10.9. The number of pyridine rings is 2. The minimum Gasteiger partial charge on any atom is -0.262 e. The number of fused-ring (bicyclic) bond motifs is 3. The van der Waals surface area contributed by atoms with Gasteiger partial charge < -0.3 is 0 Å². The standard InChI is InChI=1S/C12H7N2/c1-2-4-10-9(3-1)7-14-12-8-13-6-5-11(10)12/h1-4,6-8H. The third-order valence-corrected chi connectivity index (χ3v) is 2.31. The van der Waals surface area contributed by atoms with Crippen molar-refractivity contribution in [3.05, 3.63) is 48.9 Å². The predicted octanol–water partition coefficient (Wildman–Crippen LogP) is 2.58. The molecule has 0 aliphatic rings. The maximum absolute atomic E-state index is 4.32. The first-order chi connectivity index (χ1) is 6.95. The maximum Gasteiger partial charge on any atom is 0.0897 e. The van der Waals surface area contributed by atoms with Crippen LogP contribution in [0.5, 0.6) is 0 Å². The minimum absolute atomic E-state index is 0.895. The zero-order valence-corrected chi connectivity index (χ0v) is 7.44. The molecule has 0 saturated heterocycles. The summed E-state index contributed by atoms with van der Waals surface area (Å²) in [6, 6.07) is 11.3. The molecule has 1 radical (unpaired) electrons. The Morgan fingerprint density at radius 1 is 1.07 bits per heavy atom. The Morgan fingerprint density at radius 2 is 2.00 bits per heavy atom. The van der Waals surface area contributed by atoms with Crippen LogP contribution in [0.4, 0.5) is 0 Å². The molecule has 14 heavy (non-hydrogen) atoms. The molecule has 2 heteroatoms. The van der Waals surface area contributed by atoms with Crippen molar-refractivity contribution in [2.75, 3.05) is 0 Å². The van der Waals surface area contributed by atoms with Gasteiger partial charge in [0.05, 0.1) is 11.7 Å². The van der Waals surface area contributed by atoms with Crippen LogP contribution in [-0.4, -0.2) is 9.97 Å².